The summed E-state index contributed by atoms with van der Waals surface area (Å²) in [7, 11) is 0. The minimum atomic E-state index is -0.185. The molecule has 2 heterocycles. The summed E-state index contributed by atoms with van der Waals surface area (Å²) < 4.78 is 10.6. The third-order valence-electron chi connectivity index (χ3n) is 3.33. The van der Waals surface area contributed by atoms with Crippen LogP contribution in [0, 0.1) is 13.8 Å². The Balaban J connectivity index is 1.85. The van der Waals surface area contributed by atoms with Gasteiger partial charge in [0.05, 0.1) is 19.2 Å². The third-order valence-corrected chi connectivity index (χ3v) is 3.33. The second kappa shape index (κ2) is 8.98. The van der Waals surface area contributed by atoms with Crippen molar-refractivity contribution < 1.29 is 14.3 Å². The van der Waals surface area contributed by atoms with Gasteiger partial charge in [0, 0.05) is 30.5 Å². The molecule has 6 nitrogen and oxygen atoms in total. The smallest absolute Gasteiger partial charge is 0.307 e. The van der Waals surface area contributed by atoms with Crippen LogP contribution in [-0.4, -0.2) is 29.1 Å². The van der Waals surface area contributed by atoms with Crippen LogP contribution in [0.25, 0.3) is 0 Å². The number of carbonyl (C=O) groups is 1. The molecule has 128 valence electrons. The van der Waals surface area contributed by atoms with E-state index in [0.29, 0.717) is 37.7 Å². The van der Waals surface area contributed by atoms with Crippen molar-refractivity contribution in [2.45, 2.75) is 33.7 Å². The van der Waals surface area contributed by atoms with Gasteiger partial charge in [0.1, 0.15) is 5.75 Å². The van der Waals surface area contributed by atoms with E-state index in [9.17, 15) is 4.79 Å². The van der Waals surface area contributed by atoms with Gasteiger partial charge in [-0.25, -0.2) is 4.98 Å². The summed E-state index contributed by atoms with van der Waals surface area (Å²) in [5, 5.41) is 3.20. The van der Waals surface area contributed by atoms with Gasteiger partial charge in [-0.1, -0.05) is 0 Å². The zero-order valence-corrected chi connectivity index (χ0v) is 14.3. The number of esters is 1. The number of carbonyl (C=O) groups excluding carboxylic acids is 1. The van der Waals surface area contributed by atoms with Crippen molar-refractivity contribution >= 4 is 5.97 Å². The molecule has 2 aromatic rings. The zero-order chi connectivity index (χ0) is 17.4. The van der Waals surface area contributed by atoms with Crippen LogP contribution < -0.4 is 10.1 Å². The molecule has 0 spiro atoms. The molecule has 0 aliphatic carbocycles. The van der Waals surface area contributed by atoms with Gasteiger partial charge in [0.15, 0.2) is 0 Å². The first-order valence-electron chi connectivity index (χ1n) is 8.01. The van der Waals surface area contributed by atoms with E-state index < -0.39 is 0 Å². The molecule has 0 fully saturated rings. The summed E-state index contributed by atoms with van der Waals surface area (Å²) in [6, 6.07) is 5.78. The van der Waals surface area contributed by atoms with Crippen LogP contribution in [0.3, 0.4) is 0 Å². The number of aromatic nitrogens is 2. The number of rotatable bonds is 8. The monoisotopic (exact) mass is 329 g/mol. The Hall–Kier alpha value is -2.47. The Morgan fingerprint density at radius 2 is 2.04 bits per heavy atom. The molecule has 0 amide bonds. The Bertz CT molecular complexity index is 672. The maximum absolute atomic E-state index is 11.3. The van der Waals surface area contributed by atoms with Gasteiger partial charge in [0.25, 0.3) is 0 Å². The fourth-order valence-corrected chi connectivity index (χ4v) is 2.11. The molecular weight excluding hydrogens is 306 g/mol. The highest BCUT2D eigenvalue weighted by Gasteiger charge is 2.06. The fourth-order valence-electron chi connectivity index (χ4n) is 2.11. The van der Waals surface area contributed by atoms with Crippen LogP contribution in [0.15, 0.2) is 30.6 Å². The standard InChI is InChI=1S/C18H23N3O3/c1-4-23-17(22)7-8-19-10-15-9-13(2)18(21-11-15)24-16-6-5-14(3)20-12-16/h5-6,9,11-12,19H,4,7-8,10H2,1-3H3. The van der Waals surface area contributed by atoms with Crippen molar-refractivity contribution in [3.05, 3.63) is 47.4 Å². The van der Waals surface area contributed by atoms with E-state index in [1.165, 1.54) is 0 Å². The van der Waals surface area contributed by atoms with E-state index in [1.807, 2.05) is 32.0 Å². The molecule has 0 aliphatic rings. The minimum Gasteiger partial charge on any atom is -0.466 e. The molecule has 0 saturated heterocycles. The van der Waals surface area contributed by atoms with Crippen molar-refractivity contribution in [2.24, 2.45) is 0 Å². The Kier molecular flexibility index (Phi) is 6.69. The molecule has 0 atom stereocenters. The quantitative estimate of drug-likeness (QED) is 0.593. The lowest BCUT2D eigenvalue weighted by atomic mass is 10.2. The SMILES string of the molecule is CCOC(=O)CCNCc1cnc(Oc2ccc(C)nc2)c(C)c1. The van der Waals surface area contributed by atoms with Crippen LogP contribution in [0.5, 0.6) is 11.6 Å². The lowest BCUT2D eigenvalue weighted by Crippen LogP contribution is -2.19. The number of pyridine rings is 2. The van der Waals surface area contributed by atoms with E-state index in [1.54, 1.807) is 19.3 Å². The first-order valence-corrected chi connectivity index (χ1v) is 8.01. The van der Waals surface area contributed by atoms with Gasteiger partial charge >= 0.3 is 5.97 Å². The number of hydrogen-bond donors (Lipinski definition) is 1. The maximum Gasteiger partial charge on any atom is 0.307 e. The van der Waals surface area contributed by atoms with Crippen molar-refractivity contribution in [3.63, 3.8) is 0 Å². The Labute approximate surface area is 142 Å². The van der Waals surface area contributed by atoms with Gasteiger partial charge in [-0.05, 0) is 44.5 Å². The number of aryl methyl sites for hydroxylation is 2. The van der Waals surface area contributed by atoms with E-state index >= 15 is 0 Å². The summed E-state index contributed by atoms with van der Waals surface area (Å²) >= 11 is 0. The first kappa shape index (κ1) is 17.9. The summed E-state index contributed by atoms with van der Waals surface area (Å²) in [4.78, 5) is 19.8. The van der Waals surface area contributed by atoms with Crippen LogP contribution in [0.1, 0.15) is 30.2 Å². The second-order valence-electron chi connectivity index (χ2n) is 5.43. The zero-order valence-electron chi connectivity index (χ0n) is 14.3. The lowest BCUT2D eigenvalue weighted by Gasteiger charge is -2.10. The molecule has 0 radical (unpaired) electrons. The van der Waals surface area contributed by atoms with E-state index in [-0.39, 0.29) is 5.97 Å². The summed E-state index contributed by atoms with van der Waals surface area (Å²) in [6.07, 6.45) is 3.81. The highest BCUT2D eigenvalue weighted by Crippen LogP contribution is 2.22. The third kappa shape index (κ3) is 5.62. The molecule has 2 rings (SSSR count). The van der Waals surface area contributed by atoms with Crippen LogP contribution in [0.2, 0.25) is 0 Å². The average Bonchev–Trinajstić information content (AvgIpc) is 2.56. The molecule has 0 bridgehead atoms. The normalized spacial score (nSPS) is 10.5. The van der Waals surface area contributed by atoms with Gasteiger partial charge in [0.2, 0.25) is 5.88 Å². The van der Waals surface area contributed by atoms with Gasteiger partial charge < -0.3 is 14.8 Å². The van der Waals surface area contributed by atoms with Gasteiger partial charge in [-0.2, -0.15) is 0 Å². The summed E-state index contributed by atoms with van der Waals surface area (Å²) in [5.41, 5.74) is 2.92. The fraction of sp³-hybridized carbons (Fsp3) is 0.389. The van der Waals surface area contributed by atoms with Crippen molar-refractivity contribution in [1.29, 1.82) is 0 Å². The van der Waals surface area contributed by atoms with Crippen molar-refractivity contribution in [1.82, 2.24) is 15.3 Å². The van der Waals surface area contributed by atoms with E-state index in [2.05, 4.69) is 15.3 Å². The number of ether oxygens (including phenoxy) is 2. The van der Waals surface area contributed by atoms with Crippen LogP contribution in [0.4, 0.5) is 0 Å². The first-order chi connectivity index (χ1) is 11.6. The largest absolute Gasteiger partial charge is 0.466 e. The Morgan fingerprint density at radius 1 is 1.21 bits per heavy atom. The summed E-state index contributed by atoms with van der Waals surface area (Å²) in [6.45, 7) is 7.31. The molecule has 0 unspecified atom stereocenters. The molecule has 2 aromatic heterocycles. The van der Waals surface area contributed by atoms with Crippen LogP contribution >= 0.6 is 0 Å². The predicted molar refractivity (Wildman–Crippen MR) is 91.0 cm³/mol. The topological polar surface area (TPSA) is 73.3 Å². The molecule has 6 heteroatoms. The van der Waals surface area contributed by atoms with Crippen molar-refractivity contribution in [2.75, 3.05) is 13.2 Å². The highest BCUT2D eigenvalue weighted by atomic mass is 16.5. The molecule has 24 heavy (non-hydrogen) atoms. The van der Waals surface area contributed by atoms with E-state index in [4.69, 9.17) is 9.47 Å². The number of nitrogens with zero attached hydrogens (tertiary/aromatic N) is 2. The molecule has 0 saturated carbocycles. The van der Waals surface area contributed by atoms with Gasteiger partial charge in [-0.15, -0.1) is 0 Å². The van der Waals surface area contributed by atoms with Crippen LogP contribution in [-0.2, 0) is 16.1 Å². The Morgan fingerprint density at radius 3 is 2.71 bits per heavy atom. The van der Waals surface area contributed by atoms with Gasteiger partial charge in [-0.3, -0.25) is 9.78 Å². The highest BCUT2D eigenvalue weighted by molar-refractivity contribution is 5.69. The van der Waals surface area contributed by atoms with Crippen molar-refractivity contribution in [3.8, 4) is 11.6 Å². The average molecular weight is 329 g/mol. The molecule has 0 aromatic carbocycles. The predicted octanol–water partition coefficient (Wildman–Crippen LogP) is 2.93. The number of nitrogens with one attached hydrogen (secondary N) is 1. The minimum absolute atomic E-state index is 0.185. The maximum atomic E-state index is 11.3. The molecular formula is C18H23N3O3. The molecule has 1 N–H and O–H groups in total. The number of hydrogen-bond acceptors (Lipinski definition) is 6. The molecule has 0 aliphatic heterocycles. The second-order valence-corrected chi connectivity index (χ2v) is 5.43. The lowest BCUT2D eigenvalue weighted by molar-refractivity contribution is -0.142. The summed E-state index contributed by atoms with van der Waals surface area (Å²) in [5.74, 6) is 1.04. The van der Waals surface area contributed by atoms with E-state index in [0.717, 1.165) is 16.8 Å².